The first-order chi connectivity index (χ1) is 8.08. The van der Waals surface area contributed by atoms with Crippen molar-refractivity contribution in [3.63, 3.8) is 0 Å². The Labute approximate surface area is 97.0 Å². The van der Waals surface area contributed by atoms with Crippen LogP contribution in [0.3, 0.4) is 0 Å². The molecule has 0 aliphatic carbocycles. The molecule has 1 aromatic carbocycles. The van der Waals surface area contributed by atoms with Crippen molar-refractivity contribution in [2.24, 2.45) is 5.73 Å². The third kappa shape index (κ3) is 2.30. The molecule has 88 valence electrons. The summed E-state index contributed by atoms with van der Waals surface area (Å²) in [7, 11) is 0. The summed E-state index contributed by atoms with van der Waals surface area (Å²) in [4.78, 5) is 11.0. The van der Waals surface area contributed by atoms with E-state index in [0.717, 1.165) is 5.56 Å². The summed E-state index contributed by atoms with van der Waals surface area (Å²) in [5.74, 6) is -0.927. The second-order valence-corrected chi connectivity index (χ2v) is 3.68. The number of primary amides is 1. The van der Waals surface area contributed by atoms with Crippen LogP contribution in [0.4, 0.5) is 4.39 Å². The molecule has 0 saturated heterocycles. The molecule has 6 heteroatoms. The predicted molar refractivity (Wildman–Crippen MR) is 58.8 cm³/mol. The van der Waals surface area contributed by atoms with E-state index in [1.54, 1.807) is 19.1 Å². The van der Waals surface area contributed by atoms with Crippen molar-refractivity contribution >= 4 is 5.91 Å². The Kier molecular flexibility index (Phi) is 2.86. The minimum atomic E-state index is -0.618. The number of carbonyl (C=O) groups is 1. The van der Waals surface area contributed by atoms with Crippen LogP contribution in [0, 0.1) is 12.7 Å². The van der Waals surface area contributed by atoms with Gasteiger partial charge in [-0.2, -0.15) is 0 Å². The number of halogens is 1. The second-order valence-electron chi connectivity index (χ2n) is 3.68. The third-order valence-corrected chi connectivity index (χ3v) is 2.44. The summed E-state index contributed by atoms with van der Waals surface area (Å²) in [6.07, 6.45) is 0. The van der Waals surface area contributed by atoms with Crippen LogP contribution in [0.1, 0.15) is 21.7 Å². The fraction of sp³-hybridized carbons (Fsp3) is 0.182. The maximum Gasteiger partial charge on any atom is 0.271 e. The van der Waals surface area contributed by atoms with Gasteiger partial charge in [-0.1, -0.05) is 17.3 Å². The van der Waals surface area contributed by atoms with Crippen molar-refractivity contribution in [2.75, 3.05) is 0 Å². The van der Waals surface area contributed by atoms with Crippen LogP contribution in [0.15, 0.2) is 24.3 Å². The molecule has 0 spiro atoms. The second kappa shape index (κ2) is 4.32. The fourth-order valence-corrected chi connectivity index (χ4v) is 1.55. The van der Waals surface area contributed by atoms with E-state index in [4.69, 9.17) is 5.73 Å². The van der Waals surface area contributed by atoms with Crippen molar-refractivity contribution in [2.45, 2.75) is 13.5 Å². The fourth-order valence-electron chi connectivity index (χ4n) is 1.55. The Morgan fingerprint density at radius 2 is 2.29 bits per heavy atom. The zero-order valence-corrected chi connectivity index (χ0v) is 9.22. The standard InChI is InChI=1S/C11H11FN4O/c1-7-10(11(13)17)14-15-16(7)6-8-3-2-4-9(12)5-8/h2-5H,6H2,1H3,(H2,13,17). The molecule has 0 atom stereocenters. The molecule has 1 aromatic heterocycles. The van der Waals surface area contributed by atoms with E-state index in [9.17, 15) is 9.18 Å². The maximum atomic E-state index is 13.0. The molecule has 0 saturated carbocycles. The van der Waals surface area contributed by atoms with Gasteiger partial charge in [-0.25, -0.2) is 9.07 Å². The quantitative estimate of drug-likeness (QED) is 0.856. The van der Waals surface area contributed by atoms with Crippen LogP contribution in [0.25, 0.3) is 0 Å². The van der Waals surface area contributed by atoms with Gasteiger partial charge in [0, 0.05) is 0 Å². The lowest BCUT2D eigenvalue weighted by Crippen LogP contribution is -2.13. The molecule has 1 heterocycles. The highest BCUT2D eigenvalue weighted by molar-refractivity contribution is 5.91. The average Bonchev–Trinajstić information content (AvgIpc) is 2.61. The van der Waals surface area contributed by atoms with Crippen LogP contribution in [-0.4, -0.2) is 20.9 Å². The first-order valence-electron chi connectivity index (χ1n) is 5.02. The average molecular weight is 234 g/mol. The van der Waals surface area contributed by atoms with Gasteiger partial charge in [0.15, 0.2) is 5.69 Å². The highest BCUT2D eigenvalue weighted by Gasteiger charge is 2.13. The molecule has 0 aliphatic rings. The number of nitrogens with two attached hydrogens (primary N) is 1. The summed E-state index contributed by atoms with van der Waals surface area (Å²) < 4.78 is 14.5. The zero-order valence-electron chi connectivity index (χ0n) is 9.22. The number of benzene rings is 1. The van der Waals surface area contributed by atoms with E-state index in [1.165, 1.54) is 16.8 Å². The molecular formula is C11H11FN4O. The predicted octanol–water partition coefficient (Wildman–Crippen LogP) is 0.873. The van der Waals surface area contributed by atoms with Crippen LogP contribution < -0.4 is 5.73 Å². The lowest BCUT2D eigenvalue weighted by molar-refractivity contribution is 0.0995. The molecule has 0 radical (unpaired) electrons. The van der Waals surface area contributed by atoms with Gasteiger partial charge in [-0.05, 0) is 24.6 Å². The van der Waals surface area contributed by atoms with Crippen molar-refractivity contribution in [3.8, 4) is 0 Å². The summed E-state index contributed by atoms with van der Waals surface area (Å²) in [5, 5.41) is 7.48. The number of rotatable bonds is 3. The van der Waals surface area contributed by atoms with Gasteiger partial charge in [-0.15, -0.1) is 5.10 Å². The number of nitrogens with zero attached hydrogens (tertiary/aromatic N) is 3. The van der Waals surface area contributed by atoms with E-state index in [-0.39, 0.29) is 11.5 Å². The monoisotopic (exact) mass is 234 g/mol. The number of hydrogen-bond acceptors (Lipinski definition) is 3. The lowest BCUT2D eigenvalue weighted by atomic mass is 10.2. The van der Waals surface area contributed by atoms with Crippen molar-refractivity contribution < 1.29 is 9.18 Å². The maximum absolute atomic E-state index is 13.0. The van der Waals surface area contributed by atoms with Gasteiger partial charge in [0.25, 0.3) is 5.91 Å². The van der Waals surface area contributed by atoms with Gasteiger partial charge in [0.2, 0.25) is 0 Å². The Morgan fingerprint density at radius 1 is 1.53 bits per heavy atom. The van der Waals surface area contributed by atoms with Crippen molar-refractivity contribution in [3.05, 3.63) is 47.0 Å². The molecule has 5 nitrogen and oxygen atoms in total. The first kappa shape index (κ1) is 11.3. The smallest absolute Gasteiger partial charge is 0.271 e. The van der Waals surface area contributed by atoms with Gasteiger partial charge in [0.05, 0.1) is 12.2 Å². The molecule has 2 N–H and O–H groups in total. The minimum Gasteiger partial charge on any atom is -0.364 e. The summed E-state index contributed by atoms with van der Waals surface area (Å²) in [5.41, 5.74) is 6.59. The highest BCUT2D eigenvalue weighted by Crippen LogP contribution is 2.08. The largest absolute Gasteiger partial charge is 0.364 e. The molecule has 2 rings (SSSR count). The summed E-state index contributed by atoms with van der Waals surface area (Å²) >= 11 is 0. The van der Waals surface area contributed by atoms with E-state index in [1.807, 2.05) is 0 Å². The topological polar surface area (TPSA) is 73.8 Å². The molecule has 17 heavy (non-hydrogen) atoms. The van der Waals surface area contributed by atoms with E-state index < -0.39 is 5.91 Å². The van der Waals surface area contributed by atoms with Crippen molar-refractivity contribution in [1.82, 2.24) is 15.0 Å². The van der Waals surface area contributed by atoms with Gasteiger partial charge < -0.3 is 5.73 Å². The number of amides is 1. The first-order valence-corrected chi connectivity index (χ1v) is 5.02. The van der Waals surface area contributed by atoms with Crippen LogP contribution >= 0.6 is 0 Å². The normalized spacial score (nSPS) is 10.5. The van der Waals surface area contributed by atoms with E-state index in [0.29, 0.717) is 12.2 Å². The number of hydrogen-bond donors (Lipinski definition) is 1. The van der Waals surface area contributed by atoms with Gasteiger partial charge in [0.1, 0.15) is 5.82 Å². The SMILES string of the molecule is Cc1c(C(N)=O)nnn1Cc1cccc(F)c1. The minimum absolute atomic E-state index is 0.140. The van der Waals surface area contributed by atoms with Crippen LogP contribution in [-0.2, 0) is 6.54 Å². The zero-order chi connectivity index (χ0) is 12.4. The van der Waals surface area contributed by atoms with E-state index in [2.05, 4.69) is 10.3 Å². The van der Waals surface area contributed by atoms with Crippen LogP contribution in [0.5, 0.6) is 0 Å². The molecule has 1 amide bonds. The molecular weight excluding hydrogens is 223 g/mol. The Hall–Kier alpha value is -2.24. The van der Waals surface area contributed by atoms with Crippen LogP contribution in [0.2, 0.25) is 0 Å². The highest BCUT2D eigenvalue weighted by atomic mass is 19.1. The summed E-state index contributed by atoms with van der Waals surface area (Å²) in [6.45, 7) is 2.04. The number of carbonyl (C=O) groups excluding carboxylic acids is 1. The van der Waals surface area contributed by atoms with Crippen molar-refractivity contribution in [1.29, 1.82) is 0 Å². The van der Waals surface area contributed by atoms with Gasteiger partial charge >= 0.3 is 0 Å². The van der Waals surface area contributed by atoms with Gasteiger partial charge in [-0.3, -0.25) is 4.79 Å². The lowest BCUT2D eigenvalue weighted by Gasteiger charge is -2.03. The third-order valence-electron chi connectivity index (χ3n) is 2.44. The molecule has 0 unspecified atom stereocenters. The molecule has 0 fully saturated rings. The molecule has 0 aliphatic heterocycles. The van der Waals surface area contributed by atoms with E-state index >= 15 is 0 Å². The Balaban J connectivity index is 2.28. The molecule has 0 bridgehead atoms. The Bertz CT molecular complexity index is 564. The number of aromatic nitrogens is 3. The summed E-state index contributed by atoms with van der Waals surface area (Å²) in [6, 6.07) is 6.16. The Morgan fingerprint density at radius 3 is 2.88 bits per heavy atom. The molecule has 2 aromatic rings.